The summed E-state index contributed by atoms with van der Waals surface area (Å²) in [5, 5.41) is 0.145. The van der Waals surface area contributed by atoms with Gasteiger partial charge in [0, 0.05) is 11.3 Å². The maximum absolute atomic E-state index is 6.46. The Morgan fingerprint density at radius 1 is 1.53 bits per heavy atom. The number of alkyl halides is 1. The Morgan fingerprint density at radius 3 is 3.00 bits per heavy atom. The second-order valence-corrected chi connectivity index (χ2v) is 5.27. The second kappa shape index (κ2) is 5.74. The second-order valence-electron chi connectivity index (χ2n) is 4.71. The Hall–Kier alpha value is -0.730. The van der Waals surface area contributed by atoms with E-state index in [1.54, 1.807) is 7.11 Å². The van der Waals surface area contributed by atoms with Crippen LogP contribution >= 0.6 is 11.6 Å². The highest BCUT2D eigenvalue weighted by molar-refractivity contribution is 6.21. The zero-order valence-corrected chi connectivity index (χ0v) is 11.1. The molecule has 2 rings (SSSR count). The lowest BCUT2D eigenvalue weighted by molar-refractivity contribution is 0.120. The molecule has 1 saturated heterocycles. The van der Waals surface area contributed by atoms with Crippen LogP contribution in [0.3, 0.4) is 0 Å². The Morgan fingerprint density at radius 2 is 2.35 bits per heavy atom. The molecule has 1 aliphatic rings. The van der Waals surface area contributed by atoms with Crippen molar-refractivity contribution in [2.75, 3.05) is 13.7 Å². The highest BCUT2D eigenvalue weighted by Gasteiger charge is 2.28. The normalized spacial score (nSPS) is 25.8. The van der Waals surface area contributed by atoms with Crippen LogP contribution in [0.15, 0.2) is 24.3 Å². The fraction of sp³-hybridized carbons (Fsp3) is 0.571. The van der Waals surface area contributed by atoms with E-state index in [0.717, 1.165) is 25.2 Å². The summed E-state index contributed by atoms with van der Waals surface area (Å²) in [6.45, 7) is 2.90. The summed E-state index contributed by atoms with van der Waals surface area (Å²) in [4.78, 5) is 0. The van der Waals surface area contributed by atoms with Crippen molar-refractivity contribution in [3.8, 4) is 5.75 Å². The molecule has 0 bridgehead atoms. The largest absolute Gasteiger partial charge is 0.497 e. The molecule has 1 fully saturated rings. The first-order valence-electron chi connectivity index (χ1n) is 6.07. The van der Waals surface area contributed by atoms with Crippen LogP contribution in [0.2, 0.25) is 0 Å². The third-order valence-corrected chi connectivity index (χ3v) is 3.82. The predicted octanol–water partition coefficient (Wildman–Crippen LogP) is 3.27. The number of ether oxygens (including phenoxy) is 2. The standard InChI is InChI=1S/C14H19ClO2/c1-10-6-12(9-17-10)14(15)8-11-4-3-5-13(7-11)16-2/h3-5,7,10,12,14H,6,8-9H2,1-2H3. The van der Waals surface area contributed by atoms with E-state index in [1.807, 2.05) is 12.1 Å². The van der Waals surface area contributed by atoms with Crippen molar-refractivity contribution < 1.29 is 9.47 Å². The molecule has 3 atom stereocenters. The summed E-state index contributed by atoms with van der Waals surface area (Å²) in [6, 6.07) is 8.10. The SMILES string of the molecule is COc1cccc(CC(Cl)C2COC(C)C2)c1. The Bertz CT molecular complexity index is 367. The zero-order chi connectivity index (χ0) is 12.3. The molecule has 0 amide bonds. The number of methoxy groups -OCH3 is 1. The van der Waals surface area contributed by atoms with E-state index >= 15 is 0 Å². The summed E-state index contributed by atoms with van der Waals surface area (Å²) in [7, 11) is 1.68. The Labute approximate surface area is 108 Å². The van der Waals surface area contributed by atoms with Gasteiger partial charge in [0.25, 0.3) is 0 Å². The lowest BCUT2D eigenvalue weighted by atomic mass is 9.96. The molecule has 1 aromatic rings. The molecule has 0 N–H and O–H groups in total. The highest BCUT2D eigenvalue weighted by atomic mass is 35.5. The van der Waals surface area contributed by atoms with Crippen LogP contribution < -0.4 is 4.74 Å². The average Bonchev–Trinajstić information content (AvgIpc) is 2.76. The molecular formula is C14H19ClO2. The number of halogens is 1. The maximum Gasteiger partial charge on any atom is 0.119 e. The first kappa shape index (κ1) is 12.7. The quantitative estimate of drug-likeness (QED) is 0.768. The lowest BCUT2D eigenvalue weighted by Crippen LogP contribution is -2.17. The summed E-state index contributed by atoms with van der Waals surface area (Å²) >= 11 is 6.46. The summed E-state index contributed by atoms with van der Waals surface area (Å²) in [5.41, 5.74) is 1.23. The molecule has 3 heteroatoms. The van der Waals surface area contributed by atoms with Crippen molar-refractivity contribution in [1.82, 2.24) is 0 Å². The number of benzene rings is 1. The topological polar surface area (TPSA) is 18.5 Å². The van der Waals surface area contributed by atoms with Crippen molar-refractivity contribution in [2.24, 2.45) is 5.92 Å². The first-order valence-corrected chi connectivity index (χ1v) is 6.51. The van der Waals surface area contributed by atoms with Crippen molar-refractivity contribution >= 4 is 11.6 Å². The molecule has 1 heterocycles. The minimum atomic E-state index is 0.145. The number of hydrogen-bond donors (Lipinski definition) is 0. The fourth-order valence-electron chi connectivity index (χ4n) is 2.29. The van der Waals surface area contributed by atoms with Gasteiger partial charge in [-0.05, 0) is 37.5 Å². The summed E-state index contributed by atoms with van der Waals surface area (Å²) < 4.78 is 10.8. The van der Waals surface area contributed by atoms with Gasteiger partial charge in [-0.2, -0.15) is 0 Å². The average molecular weight is 255 g/mol. The maximum atomic E-state index is 6.46. The van der Waals surface area contributed by atoms with Gasteiger partial charge in [-0.1, -0.05) is 12.1 Å². The first-order chi connectivity index (χ1) is 8.19. The zero-order valence-electron chi connectivity index (χ0n) is 10.4. The van der Waals surface area contributed by atoms with Gasteiger partial charge >= 0.3 is 0 Å². The fourth-order valence-corrected chi connectivity index (χ4v) is 2.65. The van der Waals surface area contributed by atoms with E-state index in [2.05, 4.69) is 19.1 Å². The van der Waals surface area contributed by atoms with E-state index in [1.165, 1.54) is 5.56 Å². The van der Waals surface area contributed by atoms with Crippen LogP contribution in [0, 0.1) is 5.92 Å². The molecule has 94 valence electrons. The van der Waals surface area contributed by atoms with Gasteiger partial charge in [0.05, 0.1) is 19.8 Å². The number of hydrogen-bond acceptors (Lipinski definition) is 2. The van der Waals surface area contributed by atoms with Gasteiger partial charge in [-0.15, -0.1) is 11.6 Å². The van der Waals surface area contributed by atoms with Crippen LogP contribution in [0.4, 0.5) is 0 Å². The molecule has 1 aromatic carbocycles. The summed E-state index contributed by atoms with van der Waals surface area (Å²) in [6.07, 6.45) is 2.30. The van der Waals surface area contributed by atoms with E-state index in [-0.39, 0.29) is 5.38 Å². The van der Waals surface area contributed by atoms with Crippen molar-refractivity contribution in [1.29, 1.82) is 0 Å². The molecule has 0 saturated carbocycles. The van der Waals surface area contributed by atoms with E-state index < -0.39 is 0 Å². The van der Waals surface area contributed by atoms with Gasteiger partial charge in [-0.25, -0.2) is 0 Å². The molecule has 0 aliphatic carbocycles. The van der Waals surface area contributed by atoms with Gasteiger partial charge in [0.1, 0.15) is 5.75 Å². The molecule has 0 aromatic heterocycles. The third-order valence-electron chi connectivity index (χ3n) is 3.31. The van der Waals surface area contributed by atoms with E-state index in [4.69, 9.17) is 21.1 Å². The molecule has 2 nitrogen and oxygen atoms in total. The highest BCUT2D eigenvalue weighted by Crippen LogP contribution is 2.28. The van der Waals surface area contributed by atoms with Crippen molar-refractivity contribution in [3.63, 3.8) is 0 Å². The molecule has 3 unspecified atom stereocenters. The lowest BCUT2D eigenvalue weighted by Gasteiger charge is -2.15. The smallest absolute Gasteiger partial charge is 0.119 e. The van der Waals surface area contributed by atoms with Crippen LogP contribution in [-0.2, 0) is 11.2 Å². The van der Waals surface area contributed by atoms with Crippen LogP contribution in [0.25, 0.3) is 0 Å². The Balaban J connectivity index is 1.95. The van der Waals surface area contributed by atoms with E-state index in [9.17, 15) is 0 Å². The van der Waals surface area contributed by atoms with Crippen molar-refractivity contribution in [2.45, 2.75) is 31.2 Å². The summed E-state index contributed by atoms with van der Waals surface area (Å²) in [5.74, 6) is 1.36. The third kappa shape index (κ3) is 3.36. The van der Waals surface area contributed by atoms with Crippen LogP contribution in [0.1, 0.15) is 18.9 Å². The minimum Gasteiger partial charge on any atom is -0.497 e. The molecular weight excluding hydrogens is 236 g/mol. The predicted molar refractivity (Wildman–Crippen MR) is 69.9 cm³/mol. The van der Waals surface area contributed by atoms with Gasteiger partial charge in [0.2, 0.25) is 0 Å². The minimum absolute atomic E-state index is 0.145. The Kier molecular flexibility index (Phi) is 4.30. The molecule has 0 spiro atoms. The van der Waals surface area contributed by atoms with Crippen molar-refractivity contribution in [3.05, 3.63) is 29.8 Å². The van der Waals surface area contributed by atoms with Gasteiger partial charge < -0.3 is 9.47 Å². The van der Waals surface area contributed by atoms with Gasteiger partial charge in [-0.3, -0.25) is 0 Å². The molecule has 17 heavy (non-hydrogen) atoms. The van der Waals surface area contributed by atoms with E-state index in [0.29, 0.717) is 12.0 Å². The molecule has 1 aliphatic heterocycles. The molecule has 0 radical (unpaired) electrons. The number of rotatable bonds is 4. The van der Waals surface area contributed by atoms with Gasteiger partial charge in [0.15, 0.2) is 0 Å². The van der Waals surface area contributed by atoms with Crippen LogP contribution in [-0.4, -0.2) is 25.2 Å². The monoisotopic (exact) mass is 254 g/mol. The van der Waals surface area contributed by atoms with Crippen LogP contribution in [0.5, 0.6) is 5.75 Å².